The van der Waals surface area contributed by atoms with Gasteiger partial charge in [0.05, 0.1) is 5.69 Å². The number of carbonyl (C=O) groups excluding carboxylic acids is 1. The lowest BCUT2D eigenvalue weighted by atomic mass is 9.91. The van der Waals surface area contributed by atoms with Crippen molar-refractivity contribution in [3.63, 3.8) is 0 Å². The van der Waals surface area contributed by atoms with Crippen LogP contribution in [0.3, 0.4) is 0 Å². The standard InChI is InChI=1S/C12H21N5O2S/c1-12(2,3)10-9(20-17-15-10)11(18)14-7-5-4-6-8(13)16-19/h19H,4-7H2,1-3H3,(H2,13,16)(H,14,18). The normalized spacial score (nSPS) is 12.4. The van der Waals surface area contributed by atoms with Crippen molar-refractivity contribution < 1.29 is 10.0 Å². The predicted molar refractivity (Wildman–Crippen MR) is 78.2 cm³/mol. The first-order valence-electron chi connectivity index (χ1n) is 6.43. The molecule has 1 amide bonds. The van der Waals surface area contributed by atoms with Gasteiger partial charge in [0, 0.05) is 18.4 Å². The molecule has 0 aliphatic rings. The summed E-state index contributed by atoms with van der Waals surface area (Å²) in [5.41, 5.74) is 5.87. The molecule has 7 nitrogen and oxygen atoms in total. The minimum atomic E-state index is -0.203. The van der Waals surface area contributed by atoms with E-state index in [1.165, 1.54) is 0 Å². The number of oxime groups is 1. The Bertz CT molecular complexity index is 478. The zero-order chi connectivity index (χ0) is 15.2. The number of nitrogens with two attached hydrogens (primary N) is 1. The van der Waals surface area contributed by atoms with Gasteiger partial charge in [0.15, 0.2) is 0 Å². The monoisotopic (exact) mass is 299 g/mol. The van der Waals surface area contributed by atoms with Crippen LogP contribution in [-0.4, -0.2) is 33.1 Å². The number of amidine groups is 1. The average molecular weight is 299 g/mol. The molecule has 112 valence electrons. The zero-order valence-corrected chi connectivity index (χ0v) is 12.8. The summed E-state index contributed by atoms with van der Waals surface area (Å²) in [5.74, 6) is 0.0618. The van der Waals surface area contributed by atoms with Gasteiger partial charge in [0.2, 0.25) is 0 Å². The Morgan fingerprint density at radius 2 is 2.15 bits per heavy atom. The molecule has 1 heterocycles. The second-order valence-corrected chi connectivity index (χ2v) is 6.26. The first kappa shape index (κ1) is 16.4. The molecule has 0 spiro atoms. The highest BCUT2D eigenvalue weighted by Gasteiger charge is 2.25. The Kier molecular flexibility index (Phi) is 5.87. The van der Waals surface area contributed by atoms with Crippen molar-refractivity contribution in [2.75, 3.05) is 6.54 Å². The van der Waals surface area contributed by atoms with Gasteiger partial charge in [-0.2, -0.15) is 0 Å². The second-order valence-electron chi connectivity index (χ2n) is 5.51. The highest BCUT2D eigenvalue weighted by atomic mass is 32.1. The second kappa shape index (κ2) is 7.18. The van der Waals surface area contributed by atoms with Crippen LogP contribution in [-0.2, 0) is 5.41 Å². The SMILES string of the molecule is CC(C)(C)c1nnsc1C(=O)NCCCCC(N)=NO. The number of nitrogens with zero attached hydrogens (tertiary/aromatic N) is 3. The molecule has 0 aliphatic carbocycles. The van der Waals surface area contributed by atoms with E-state index in [-0.39, 0.29) is 17.2 Å². The molecule has 4 N–H and O–H groups in total. The number of carbonyl (C=O) groups is 1. The topological polar surface area (TPSA) is 113 Å². The summed E-state index contributed by atoms with van der Waals surface area (Å²) in [6, 6.07) is 0. The fraction of sp³-hybridized carbons (Fsp3) is 0.667. The molecule has 1 aromatic heterocycles. The van der Waals surface area contributed by atoms with Crippen molar-refractivity contribution in [1.82, 2.24) is 14.9 Å². The Morgan fingerprint density at radius 1 is 1.45 bits per heavy atom. The molecule has 0 unspecified atom stereocenters. The van der Waals surface area contributed by atoms with Crippen LogP contribution in [0.15, 0.2) is 5.16 Å². The van der Waals surface area contributed by atoms with Crippen molar-refractivity contribution in [1.29, 1.82) is 0 Å². The van der Waals surface area contributed by atoms with Crippen LogP contribution >= 0.6 is 11.5 Å². The molecule has 1 rings (SSSR count). The summed E-state index contributed by atoms with van der Waals surface area (Å²) in [5, 5.41) is 18.2. The van der Waals surface area contributed by atoms with E-state index < -0.39 is 0 Å². The van der Waals surface area contributed by atoms with Crippen molar-refractivity contribution in [2.45, 2.75) is 45.4 Å². The maximum absolute atomic E-state index is 12.1. The fourth-order valence-electron chi connectivity index (χ4n) is 1.59. The Hall–Kier alpha value is -1.70. The maximum Gasteiger partial charge on any atom is 0.264 e. The zero-order valence-electron chi connectivity index (χ0n) is 12.0. The molecule has 0 saturated carbocycles. The molecule has 0 aromatic carbocycles. The van der Waals surface area contributed by atoms with E-state index in [4.69, 9.17) is 10.9 Å². The Balaban J connectivity index is 2.43. The van der Waals surface area contributed by atoms with Gasteiger partial charge < -0.3 is 16.3 Å². The van der Waals surface area contributed by atoms with E-state index in [9.17, 15) is 4.79 Å². The Morgan fingerprint density at radius 3 is 2.75 bits per heavy atom. The van der Waals surface area contributed by atoms with Crippen molar-refractivity contribution in [3.8, 4) is 0 Å². The van der Waals surface area contributed by atoms with Gasteiger partial charge in [-0.15, -0.1) is 5.10 Å². The van der Waals surface area contributed by atoms with E-state index in [2.05, 4.69) is 20.1 Å². The molecular formula is C12H21N5O2S. The summed E-state index contributed by atoms with van der Waals surface area (Å²) in [4.78, 5) is 12.6. The maximum atomic E-state index is 12.1. The quantitative estimate of drug-likeness (QED) is 0.242. The lowest BCUT2D eigenvalue weighted by molar-refractivity contribution is 0.0954. The molecule has 0 fully saturated rings. The third-order valence-electron chi connectivity index (χ3n) is 2.68. The first-order valence-corrected chi connectivity index (χ1v) is 7.21. The van der Waals surface area contributed by atoms with Gasteiger partial charge in [-0.1, -0.05) is 30.4 Å². The van der Waals surface area contributed by atoms with Crippen LogP contribution in [0.25, 0.3) is 0 Å². The van der Waals surface area contributed by atoms with Crippen LogP contribution in [0.2, 0.25) is 0 Å². The number of unbranched alkanes of at least 4 members (excludes halogenated alkanes) is 1. The van der Waals surface area contributed by atoms with E-state index in [1.54, 1.807) is 0 Å². The highest BCUT2D eigenvalue weighted by Crippen LogP contribution is 2.25. The number of nitrogens with one attached hydrogen (secondary N) is 1. The summed E-state index contributed by atoms with van der Waals surface area (Å²) in [6.45, 7) is 6.53. The lowest BCUT2D eigenvalue weighted by Crippen LogP contribution is -2.27. The molecule has 0 radical (unpaired) electrons. The first-order chi connectivity index (χ1) is 9.36. The molecule has 0 bridgehead atoms. The summed E-state index contributed by atoms with van der Waals surface area (Å²) < 4.78 is 3.86. The van der Waals surface area contributed by atoms with Crippen molar-refractivity contribution >= 4 is 23.3 Å². The molecular weight excluding hydrogens is 278 g/mol. The van der Waals surface area contributed by atoms with E-state index in [0.717, 1.165) is 30.1 Å². The largest absolute Gasteiger partial charge is 0.409 e. The number of aromatic nitrogens is 2. The van der Waals surface area contributed by atoms with Crippen LogP contribution in [0.5, 0.6) is 0 Å². The van der Waals surface area contributed by atoms with E-state index in [0.29, 0.717) is 17.8 Å². The minimum Gasteiger partial charge on any atom is -0.409 e. The lowest BCUT2D eigenvalue weighted by Gasteiger charge is -2.16. The van der Waals surface area contributed by atoms with Gasteiger partial charge in [-0.25, -0.2) is 0 Å². The summed E-state index contributed by atoms with van der Waals surface area (Å²) in [6.07, 6.45) is 2.03. The summed E-state index contributed by atoms with van der Waals surface area (Å²) >= 11 is 1.11. The minimum absolute atomic E-state index is 0.145. The molecule has 1 aromatic rings. The van der Waals surface area contributed by atoms with Gasteiger partial charge in [0.25, 0.3) is 5.91 Å². The van der Waals surface area contributed by atoms with Gasteiger partial charge in [-0.05, 0) is 24.4 Å². The molecule has 20 heavy (non-hydrogen) atoms. The van der Waals surface area contributed by atoms with Crippen LogP contribution < -0.4 is 11.1 Å². The predicted octanol–water partition coefficient (Wildman–Crippen LogP) is 1.48. The highest BCUT2D eigenvalue weighted by molar-refractivity contribution is 7.08. The van der Waals surface area contributed by atoms with Crippen LogP contribution in [0.1, 0.15) is 55.4 Å². The number of hydrogen-bond acceptors (Lipinski definition) is 6. The third kappa shape index (κ3) is 4.76. The third-order valence-corrected chi connectivity index (χ3v) is 3.40. The number of rotatable bonds is 6. The van der Waals surface area contributed by atoms with Crippen LogP contribution in [0.4, 0.5) is 0 Å². The average Bonchev–Trinajstić information content (AvgIpc) is 2.86. The summed E-state index contributed by atoms with van der Waals surface area (Å²) in [7, 11) is 0. The number of amides is 1. The van der Waals surface area contributed by atoms with Gasteiger partial charge in [0.1, 0.15) is 10.7 Å². The van der Waals surface area contributed by atoms with E-state index >= 15 is 0 Å². The van der Waals surface area contributed by atoms with Crippen LogP contribution in [0, 0.1) is 0 Å². The Labute approximate surface area is 122 Å². The van der Waals surface area contributed by atoms with Crippen molar-refractivity contribution in [3.05, 3.63) is 10.6 Å². The van der Waals surface area contributed by atoms with Gasteiger partial charge >= 0.3 is 0 Å². The smallest absolute Gasteiger partial charge is 0.264 e. The molecule has 0 saturated heterocycles. The molecule has 0 aliphatic heterocycles. The van der Waals surface area contributed by atoms with Crippen molar-refractivity contribution in [2.24, 2.45) is 10.9 Å². The van der Waals surface area contributed by atoms with E-state index in [1.807, 2.05) is 20.8 Å². The van der Waals surface area contributed by atoms with Gasteiger partial charge in [-0.3, -0.25) is 4.79 Å². The molecule has 0 atom stereocenters. The molecule has 8 heteroatoms. The fourth-order valence-corrected chi connectivity index (χ4v) is 2.39. The number of hydrogen-bond donors (Lipinski definition) is 3.